The van der Waals surface area contributed by atoms with E-state index in [0.29, 0.717) is 16.9 Å². The molecule has 5 nitrogen and oxygen atoms in total. The lowest BCUT2D eigenvalue weighted by atomic mass is 9.83. The van der Waals surface area contributed by atoms with E-state index in [4.69, 9.17) is 14.2 Å². The van der Waals surface area contributed by atoms with Crippen molar-refractivity contribution in [1.29, 1.82) is 0 Å². The van der Waals surface area contributed by atoms with Gasteiger partial charge in [-0.15, -0.1) is 0 Å². The summed E-state index contributed by atoms with van der Waals surface area (Å²) in [6.45, 7) is 6.35. The zero-order valence-corrected chi connectivity index (χ0v) is 18.2. The monoisotopic (exact) mass is 406 g/mol. The van der Waals surface area contributed by atoms with Crippen LogP contribution in [0.3, 0.4) is 0 Å². The first-order chi connectivity index (χ1) is 14.2. The zero-order valence-electron chi connectivity index (χ0n) is 18.2. The van der Waals surface area contributed by atoms with Gasteiger partial charge in [0.1, 0.15) is 5.75 Å². The van der Waals surface area contributed by atoms with E-state index >= 15 is 0 Å². The normalized spacial score (nSPS) is 14.9. The largest absolute Gasteiger partial charge is 0.497 e. The second-order valence-electron chi connectivity index (χ2n) is 8.03. The van der Waals surface area contributed by atoms with Gasteiger partial charge in [-0.2, -0.15) is 0 Å². The molecule has 30 heavy (non-hydrogen) atoms. The number of ketones is 2. The van der Waals surface area contributed by atoms with Crippen LogP contribution in [-0.2, 0) is 24.5 Å². The third-order valence-electron chi connectivity index (χ3n) is 5.15. The third-order valence-corrected chi connectivity index (χ3v) is 5.15. The lowest BCUT2D eigenvalue weighted by Crippen LogP contribution is -2.24. The first-order valence-electron chi connectivity index (χ1n) is 9.64. The minimum Gasteiger partial charge on any atom is -0.497 e. The number of Topliss-reactive ketones (excluding diaryl/α,β-unsaturated/α-hetero) is 2. The quantitative estimate of drug-likeness (QED) is 0.681. The number of benzene rings is 2. The minimum atomic E-state index is -0.394. The molecule has 1 aliphatic carbocycles. The number of carbonyl (C=O) groups excluding carboxylic acids is 2. The molecule has 0 fully saturated rings. The van der Waals surface area contributed by atoms with Gasteiger partial charge in [0.25, 0.3) is 0 Å². The second kappa shape index (κ2) is 8.19. The highest BCUT2D eigenvalue weighted by atomic mass is 16.5. The SMILES string of the molecule is COC1=C(c2ccc(OC)cc2)C(=O)C(OC)=C(c2ccc(C(C)(C)C)cc2)C1=O. The van der Waals surface area contributed by atoms with Gasteiger partial charge in [-0.1, -0.05) is 57.2 Å². The fraction of sp³-hybridized carbons (Fsp3) is 0.280. The van der Waals surface area contributed by atoms with Crippen molar-refractivity contribution in [3.05, 3.63) is 76.7 Å². The van der Waals surface area contributed by atoms with Crippen LogP contribution < -0.4 is 4.74 Å². The molecule has 0 atom stereocenters. The van der Waals surface area contributed by atoms with Crippen LogP contribution in [0, 0.1) is 0 Å². The molecule has 0 amide bonds. The standard InChI is InChI=1S/C25H26O5/c1-25(2,3)17-11-7-15(8-12-17)19-21(26)24(30-6)20(22(27)23(19)29-5)16-9-13-18(28-4)14-10-16/h7-14H,1-6H3. The minimum absolute atomic E-state index is 0.000801. The Labute approximate surface area is 177 Å². The maximum absolute atomic E-state index is 13.4. The van der Waals surface area contributed by atoms with Gasteiger partial charge >= 0.3 is 0 Å². The van der Waals surface area contributed by atoms with Crippen LogP contribution in [0.25, 0.3) is 11.1 Å². The Kier molecular flexibility index (Phi) is 5.83. The van der Waals surface area contributed by atoms with Crippen LogP contribution >= 0.6 is 0 Å². The number of hydrogen-bond donors (Lipinski definition) is 0. The van der Waals surface area contributed by atoms with Crippen molar-refractivity contribution in [2.75, 3.05) is 21.3 Å². The van der Waals surface area contributed by atoms with E-state index in [9.17, 15) is 9.59 Å². The maximum Gasteiger partial charge on any atom is 0.232 e. The molecule has 0 heterocycles. The maximum atomic E-state index is 13.4. The van der Waals surface area contributed by atoms with Gasteiger partial charge < -0.3 is 14.2 Å². The summed E-state index contributed by atoms with van der Waals surface area (Å²) in [5.74, 6) is -0.122. The number of ether oxygens (including phenoxy) is 3. The van der Waals surface area contributed by atoms with Crippen molar-refractivity contribution in [3.63, 3.8) is 0 Å². The summed E-state index contributed by atoms with van der Waals surface area (Å²) in [4.78, 5) is 26.7. The molecular formula is C25H26O5. The molecule has 0 aliphatic heterocycles. The Hall–Kier alpha value is -3.34. The summed E-state index contributed by atoms with van der Waals surface area (Å²) in [6.07, 6.45) is 0. The average molecular weight is 406 g/mol. The van der Waals surface area contributed by atoms with Gasteiger partial charge in [0.2, 0.25) is 11.6 Å². The van der Waals surface area contributed by atoms with Crippen LogP contribution in [0.15, 0.2) is 60.0 Å². The highest BCUT2D eigenvalue weighted by molar-refractivity contribution is 6.46. The Morgan fingerprint density at radius 3 is 1.33 bits per heavy atom. The van der Waals surface area contributed by atoms with Gasteiger partial charge in [0.15, 0.2) is 11.5 Å². The fourth-order valence-electron chi connectivity index (χ4n) is 3.47. The van der Waals surface area contributed by atoms with E-state index in [1.807, 2.05) is 24.3 Å². The van der Waals surface area contributed by atoms with Crippen LogP contribution in [-0.4, -0.2) is 32.9 Å². The summed E-state index contributed by atoms with van der Waals surface area (Å²) in [6, 6.07) is 14.5. The summed E-state index contributed by atoms with van der Waals surface area (Å²) >= 11 is 0. The first-order valence-corrected chi connectivity index (χ1v) is 9.64. The van der Waals surface area contributed by atoms with E-state index in [2.05, 4.69) is 20.8 Å². The molecule has 1 aliphatic rings. The van der Waals surface area contributed by atoms with Gasteiger partial charge in [-0.3, -0.25) is 9.59 Å². The Morgan fingerprint density at radius 2 is 1.00 bits per heavy atom. The van der Waals surface area contributed by atoms with Crippen molar-refractivity contribution in [1.82, 2.24) is 0 Å². The molecule has 2 aromatic carbocycles. The Morgan fingerprint density at radius 1 is 0.600 bits per heavy atom. The molecule has 0 aromatic heterocycles. The number of carbonyl (C=O) groups is 2. The van der Waals surface area contributed by atoms with Crippen molar-refractivity contribution in [2.45, 2.75) is 26.2 Å². The average Bonchev–Trinajstić information content (AvgIpc) is 2.74. The smallest absolute Gasteiger partial charge is 0.232 e. The Balaban J connectivity index is 2.12. The van der Waals surface area contributed by atoms with E-state index in [0.717, 1.165) is 5.56 Å². The molecular weight excluding hydrogens is 380 g/mol. The molecule has 0 saturated heterocycles. The Bertz CT molecular complexity index is 1030. The van der Waals surface area contributed by atoms with Crippen LogP contribution in [0.4, 0.5) is 0 Å². The number of methoxy groups -OCH3 is 3. The lowest BCUT2D eigenvalue weighted by Gasteiger charge is -2.23. The summed E-state index contributed by atoms with van der Waals surface area (Å²) in [5, 5.41) is 0. The molecule has 0 N–H and O–H groups in total. The van der Waals surface area contributed by atoms with Gasteiger partial charge in [0, 0.05) is 0 Å². The summed E-state index contributed by atoms with van der Waals surface area (Å²) < 4.78 is 16.0. The predicted molar refractivity (Wildman–Crippen MR) is 116 cm³/mol. The number of allylic oxidation sites excluding steroid dienone is 2. The molecule has 0 unspecified atom stereocenters. The van der Waals surface area contributed by atoms with Crippen molar-refractivity contribution in [2.24, 2.45) is 0 Å². The number of rotatable bonds is 5. The molecule has 0 saturated carbocycles. The van der Waals surface area contributed by atoms with Gasteiger partial charge in [-0.25, -0.2) is 0 Å². The van der Waals surface area contributed by atoms with Crippen LogP contribution in [0.2, 0.25) is 0 Å². The van der Waals surface area contributed by atoms with Gasteiger partial charge in [0.05, 0.1) is 32.5 Å². The van der Waals surface area contributed by atoms with Crippen molar-refractivity contribution < 1.29 is 23.8 Å². The van der Waals surface area contributed by atoms with E-state index in [1.165, 1.54) is 14.2 Å². The van der Waals surface area contributed by atoms with Crippen LogP contribution in [0.1, 0.15) is 37.5 Å². The topological polar surface area (TPSA) is 61.8 Å². The van der Waals surface area contributed by atoms with Gasteiger partial charge in [-0.05, 0) is 34.2 Å². The third kappa shape index (κ3) is 3.75. The van der Waals surface area contributed by atoms with E-state index in [-0.39, 0.29) is 33.9 Å². The molecule has 5 heteroatoms. The highest BCUT2D eigenvalue weighted by Crippen LogP contribution is 2.37. The highest BCUT2D eigenvalue weighted by Gasteiger charge is 2.38. The number of hydrogen-bond acceptors (Lipinski definition) is 5. The van der Waals surface area contributed by atoms with Crippen molar-refractivity contribution in [3.8, 4) is 5.75 Å². The molecule has 0 bridgehead atoms. The zero-order chi connectivity index (χ0) is 22.1. The molecule has 156 valence electrons. The van der Waals surface area contributed by atoms with Crippen molar-refractivity contribution >= 4 is 22.7 Å². The molecule has 0 radical (unpaired) electrons. The van der Waals surface area contributed by atoms with E-state index < -0.39 is 5.78 Å². The molecule has 0 spiro atoms. The predicted octanol–water partition coefficient (Wildman–Crippen LogP) is 4.56. The lowest BCUT2D eigenvalue weighted by molar-refractivity contribution is -0.117. The first kappa shape index (κ1) is 21.4. The van der Waals surface area contributed by atoms with E-state index in [1.54, 1.807) is 31.4 Å². The molecule has 3 rings (SSSR count). The fourth-order valence-corrected chi connectivity index (χ4v) is 3.47. The summed E-state index contributed by atoms with van der Waals surface area (Å²) in [5.41, 5.74) is 2.66. The summed E-state index contributed by atoms with van der Waals surface area (Å²) in [7, 11) is 4.35. The molecule has 2 aromatic rings. The second-order valence-corrected chi connectivity index (χ2v) is 8.03. The van der Waals surface area contributed by atoms with Crippen LogP contribution in [0.5, 0.6) is 5.75 Å².